The molecule has 0 bridgehead atoms. The van der Waals surface area contributed by atoms with Crippen LogP contribution in [0, 0.1) is 0 Å². The molecule has 0 saturated heterocycles. The smallest absolute Gasteiger partial charge is 0.316 e. The molecule has 2 heterocycles. The Kier molecular flexibility index (Phi) is 3.95. The van der Waals surface area contributed by atoms with Gasteiger partial charge in [0.2, 0.25) is 0 Å². The van der Waals surface area contributed by atoms with Crippen molar-refractivity contribution in [3.63, 3.8) is 0 Å². The summed E-state index contributed by atoms with van der Waals surface area (Å²) in [6.07, 6.45) is 1.60. The molecule has 5 heteroatoms. The minimum atomic E-state index is -0.464. The lowest BCUT2D eigenvalue weighted by Gasteiger charge is -2.23. The Morgan fingerprint density at radius 2 is 2.08 bits per heavy atom. The van der Waals surface area contributed by atoms with Crippen LogP contribution in [0.1, 0.15) is 37.8 Å². The van der Waals surface area contributed by atoms with Gasteiger partial charge in [-0.25, -0.2) is 0 Å². The van der Waals surface area contributed by atoms with E-state index < -0.39 is 5.92 Å². The molecule has 1 aliphatic rings. The van der Waals surface area contributed by atoms with Crippen LogP contribution >= 0.6 is 0 Å². The Bertz CT molecular complexity index is 845. The first-order chi connectivity index (χ1) is 11.3. The molecule has 0 fully saturated rings. The van der Waals surface area contributed by atoms with Gasteiger partial charge in [-0.15, -0.1) is 0 Å². The summed E-state index contributed by atoms with van der Waals surface area (Å²) < 4.78 is 10.7. The maximum atomic E-state index is 12.2. The first kappa shape index (κ1) is 16.3. The number of ether oxygens (including phenoxy) is 2. The van der Waals surface area contributed by atoms with Gasteiger partial charge in [-0.3, -0.25) is 9.59 Å². The standard InChI is InChI=1S/C19H21NO4/c1-19(2,3)15-9-11(12-6-5-7-20-17(12)21)8-13-14(18(22)23-4)10-24-16(13)15/h5-9,14H,10H2,1-4H3,(H,20,21). The first-order valence-corrected chi connectivity index (χ1v) is 7.90. The van der Waals surface area contributed by atoms with Gasteiger partial charge in [0.15, 0.2) is 0 Å². The summed E-state index contributed by atoms with van der Waals surface area (Å²) in [7, 11) is 1.37. The fourth-order valence-electron chi connectivity index (χ4n) is 3.03. The number of nitrogens with one attached hydrogen (secondary N) is 1. The van der Waals surface area contributed by atoms with E-state index in [9.17, 15) is 9.59 Å². The molecule has 24 heavy (non-hydrogen) atoms. The lowest BCUT2D eigenvalue weighted by atomic mass is 9.82. The Hall–Kier alpha value is -2.56. The lowest BCUT2D eigenvalue weighted by molar-refractivity contribution is -0.142. The average Bonchev–Trinajstić information content (AvgIpc) is 2.96. The predicted molar refractivity (Wildman–Crippen MR) is 91.5 cm³/mol. The van der Waals surface area contributed by atoms with E-state index in [0.717, 1.165) is 22.4 Å². The number of hydrogen-bond acceptors (Lipinski definition) is 4. The van der Waals surface area contributed by atoms with Crippen molar-refractivity contribution in [2.45, 2.75) is 32.1 Å². The molecule has 1 N–H and O–H groups in total. The summed E-state index contributed by atoms with van der Waals surface area (Å²) in [5.74, 6) is -0.0596. The Labute approximate surface area is 140 Å². The van der Waals surface area contributed by atoms with Crippen LogP contribution < -0.4 is 10.3 Å². The molecule has 0 saturated carbocycles. The number of pyridine rings is 1. The van der Waals surface area contributed by atoms with Gasteiger partial charge in [-0.1, -0.05) is 20.8 Å². The zero-order valence-corrected chi connectivity index (χ0v) is 14.3. The van der Waals surface area contributed by atoms with Crippen molar-refractivity contribution < 1.29 is 14.3 Å². The molecule has 3 rings (SSSR count). The van der Waals surface area contributed by atoms with Crippen molar-refractivity contribution in [3.8, 4) is 16.9 Å². The molecule has 0 radical (unpaired) electrons. The number of H-pyrrole nitrogens is 1. The number of fused-ring (bicyclic) bond motifs is 1. The third-order valence-corrected chi connectivity index (χ3v) is 4.31. The second-order valence-electron chi connectivity index (χ2n) is 6.99. The summed E-state index contributed by atoms with van der Waals surface area (Å²) in [6.45, 7) is 6.50. The molecule has 1 aromatic carbocycles. The number of carbonyl (C=O) groups excluding carboxylic acids is 1. The molecular formula is C19H21NO4. The number of hydrogen-bond donors (Lipinski definition) is 1. The van der Waals surface area contributed by atoms with Crippen LogP contribution in [-0.4, -0.2) is 24.7 Å². The number of aromatic amines is 1. The van der Waals surface area contributed by atoms with E-state index in [-0.39, 0.29) is 23.6 Å². The van der Waals surface area contributed by atoms with E-state index >= 15 is 0 Å². The van der Waals surface area contributed by atoms with E-state index in [2.05, 4.69) is 25.8 Å². The lowest BCUT2D eigenvalue weighted by Crippen LogP contribution is -2.16. The molecule has 2 aromatic rings. The Morgan fingerprint density at radius 1 is 1.33 bits per heavy atom. The Balaban J connectivity index is 2.25. The number of methoxy groups -OCH3 is 1. The molecule has 5 nitrogen and oxygen atoms in total. The van der Waals surface area contributed by atoms with E-state index in [0.29, 0.717) is 5.56 Å². The van der Waals surface area contributed by atoms with Crippen LogP contribution in [0.2, 0.25) is 0 Å². The van der Waals surface area contributed by atoms with Gasteiger partial charge in [0.25, 0.3) is 5.56 Å². The summed E-state index contributed by atoms with van der Waals surface area (Å²) in [5.41, 5.74) is 2.76. The monoisotopic (exact) mass is 327 g/mol. The molecule has 1 unspecified atom stereocenters. The summed E-state index contributed by atoms with van der Waals surface area (Å²) in [6, 6.07) is 7.40. The second-order valence-corrected chi connectivity index (χ2v) is 6.99. The van der Waals surface area contributed by atoms with E-state index in [4.69, 9.17) is 9.47 Å². The average molecular weight is 327 g/mol. The van der Waals surface area contributed by atoms with Crippen molar-refractivity contribution in [1.82, 2.24) is 4.98 Å². The van der Waals surface area contributed by atoms with Crippen LogP contribution in [0.3, 0.4) is 0 Å². The molecule has 0 amide bonds. The van der Waals surface area contributed by atoms with Crippen LogP contribution in [-0.2, 0) is 14.9 Å². The number of carbonyl (C=O) groups is 1. The van der Waals surface area contributed by atoms with Crippen LogP contribution in [0.25, 0.3) is 11.1 Å². The fraction of sp³-hybridized carbons (Fsp3) is 0.368. The quantitative estimate of drug-likeness (QED) is 0.861. The highest BCUT2D eigenvalue weighted by Gasteiger charge is 2.36. The van der Waals surface area contributed by atoms with E-state index in [1.807, 2.05) is 12.1 Å². The molecule has 1 atom stereocenters. The highest BCUT2D eigenvalue weighted by Crippen LogP contribution is 2.44. The molecule has 126 valence electrons. The largest absolute Gasteiger partial charge is 0.492 e. The zero-order chi connectivity index (χ0) is 17.5. The number of rotatable bonds is 2. The third-order valence-electron chi connectivity index (χ3n) is 4.31. The van der Waals surface area contributed by atoms with Crippen LogP contribution in [0.15, 0.2) is 35.3 Å². The molecule has 0 aliphatic carbocycles. The maximum Gasteiger partial charge on any atom is 0.316 e. The van der Waals surface area contributed by atoms with Crippen molar-refractivity contribution in [1.29, 1.82) is 0 Å². The number of benzene rings is 1. The highest BCUT2D eigenvalue weighted by molar-refractivity contribution is 5.82. The molecule has 1 aliphatic heterocycles. The van der Waals surface area contributed by atoms with Gasteiger partial charge in [-0.2, -0.15) is 0 Å². The molecule has 0 spiro atoms. The minimum Gasteiger partial charge on any atom is -0.492 e. The van der Waals surface area contributed by atoms with Gasteiger partial charge < -0.3 is 14.5 Å². The van der Waals surface area contributed by atoms with Gasteiger partial charge in [-0.05, 0) is 35.2 Å². The third kappa shape index (κ3) is 2.70. The molecular weight excluding hydrogens is 306 g/mol. The topological polar surface area (TPSA) is 68.4 Å². The van der Waals surface area contributed by atoms with Gasteiger partial charge in [0.05, 0.1) is 7.11 Å². The van der Waals surface area contributed by atoms with Crippen LogP contribution in [0.4, 0.5) is 0 Å². The SMILES string of the molecule is COC(=O)C1COc2c1cc(-c1ccc[nH]c1=O)cc2C(C)(C)C. The van der Waals surface area contributed by atoms with Crippen molar-refractivity contribution in [2.24, 2.45) is 0 Å². The van der Waals surface area contributed by atoms with Crippen LogP contribution in [0.5, 0.6) is 5.75 Å². The fourth-order valence-corrected chi connectivity index (χ4v) is 3.03. The van der Waals surface area contributed by atoms with Crippen molar-refractivity contribution in [2.75, 3.05) is 13.7 Å². The predicted octanol–water partition coefficient (Wildman–Crippen LogP) is 2.99. The minimum absolute atomic E-state index is 0.161. The first-order valence-electron chi connectivity index (χ1n) is 7.90. The second kappa shape index (κ2) is 5.82. The van der Waals surface area contributed by atoms with Gasteiger partial charge in [0.1, 0.15) is 18.3 Å². The van der Waals surface area contributed by atoms with E-state index in [1.165, 1.54) is 7.11 Å². The highest BCUT2D eigenvalue weighted by atomic mass is 16.5. The summed E-state index contributed by atoms with van der Waals surface area (Å²) in [5, 5.41) is 0. The van der Waals surface area contributed by atoms with Crippen molar-refractivity contribution >= 4 is 5.97 Å². The van der Waals surface area contributed by atoms with E-state index in [1.54, 1.807) is 18.3 Å². The number of aromatic nitrogens is 1. The summed E-state index contributed by atoms with van der Waals surface area (Å²) in [4.78, 5) is 26.9. The zero-order valence-electron chi connectivity index (χ0n) is 14.3. The van der Waals surface area contributed by atoms with Gasteiger partial charge in [0, 0.05) is 22.9 Å². The summed E-state index contributed by atoms with van der Waals surface area (Å²) >= 11 is 0. The normalized spacial score (nSPS) is 16.4. The Morgan fingerprint density at radius 3 is 2.71 bits per heavy atom. The van der Waals surface area contributed by atoms with Crippen molar-refractivity contribution in [3.05, 3.63) is 51.9 Å². The molecule has 1 aromatic heterocycles. The maximum absolute atomic E-state index is 12.2. The van der Waals surface area contributed by atoms with Gasteiger partial charge >= 0.3 is 5.97 Å². The number of esters is 1.